The molecule has 3 rings (SSSR count). The van der Waals surface area contributed by atoms with Gasteiger partial charge in [0.1, 0.15) is 0 Å². The Morgan fingerprint density at radius 3 is 2.56 bits per heavy atom. The van der Waals surface area contributed by atoms with Crippen LogP contribution in [0.5, 0.6) is 0 Å². The number of nitrogens with one attached hydrogen (secondary N) is 1. The lowest BCUT2D eigenvalue weighted by Crippen LogP contribution is -2.35. The van der Waals surface area contributed by atoms with Crippen molar-refractivity contribution in [1.82, 2.24) is 9.73 Å². The van der Waals surface area contributed by atoms with Crippen molar-refractivity contribution in [2.75, 3.05) is 13.1 Å². The molecule has 27 heavy (non-hydrogen) atoms. The first kappa shape index (κ1) is 19.7. The average Bonchev–Trinajstić information content (AvgIpc) is 3.13. The largest absolute Gasteiger partial charge is 0.271 e. The number of sulfonamides is 1. The Hall–Kier alpha value is -2.03. The molecule has 6 nitrogen and oxygen atoms in total. The lowest BCUT2D eigenvalue weighted by molar-refractivity contribution is 0.0954. The van der Waals surface area contributed by atoms with E-state index < -0.39 is 15.9 Å². The van der Waals surface area contributed by atoms with Gasteiger partial charge < -0.3 is 0 Å². The number of aryl methyl sites for hydroxylation is 1. The number of rotatable bonds is 5. The van der Waals surface area contributed by atoms with Gasteiger partial charge in [0.15, 0.2) is 0 Å². The minimum absolute atomic E-state index is 0.145. The molecule has 1 amide bonds. The van der Waals surface area contributed by atoms with Crippen LogP contribution in [-0.4, -0.2) is 37.4 Å². The van der Waals surface area contributed by atoms with Crippen LogP contribution in [0.4, 0.5) is 0 Å². The molecule has 2 aromatic rings. The molecule has 0 aliphatic carbocycles. The molecular formula is C19H23N3O3S2. The number of thiophene rings is 1. The highest BCUT2D eigenvalue weighted by Gasteiger charge is 2.26. The van der Waals surface area contributed by atoms with E-state index in [1.165, 1.54) is 21.3 Å². The van der Waals surface area contributed by atoms with Gasteiger partial charge in [-0.25, -0.2) is 13.8 Å². The smallest absolute Gasteiger partial charge is 0.267 e. The molecule has 1 saturated heterocycles. The molecule has 1 aromatic carbocycles. The fourth-order valence-corrected chi connectivity index (χ4v) is 5.31. The standard InChI is InChI=1S/C19H23N3O3S2/c1-14-9-10-18(26-14)15(2)20-21-19(23)16-7-6-8-17(13-16)27(24,25)22-11-4-3-5-12-22/h6-10,13H,3-5,11-12H2,1-2H3,(H,21,23)/b20-15-. The van der Waals surface area contributed by atoms with Gasteiger partial charge in [0.25, 0.3) is 5.91 Å². The summed E-state index contributed by atoms with van der Waals surface area (Å²) in [6.45, 7) is 4.89. The number of hydrogen-bond donors (Lipinski definition) is 1. The number of nitrogens with zero attached hydrogens (tertiary/aromatic N) is 2. The van der Waals surface area contributed by atoms with Crippen molar-refractivity contribution in [3.05, 3.63) is 51.7 Å². The molecule has 1 N–H and O–H groups in total. The molecule has 2 heterocycles. The van der Waals surface area contributed by atoms with E-state index in [1.54, 1.807) is 23.5 Å². The second-order valence-electron chi connectivity index (χ2n) is 6.54. The molecule has 0 atom stereocenters. The van der Waals surface area contributed by atoms with Crippen LogP contribution in [0.3, 0.4) is 0 Å². The predicted molar refractivity (Wildman–Crippen MR) is 108 cm³/mol. The van der Waals surface area contributed by atoms with Crippen LogP contribution in [0.15, 0.2) is 46.4 Å². The summed E-state index contributed by atoms with van der Waals surface area (Å²) in [5.41, 5.74) is 3.49. The van der Waals surface area contributed by atoms with Gasteiger partial charge in [-0.3, -0.25) is 4.79 Å². The van der Waals surface area contributed by atoms with E-state index in [-0.39, 0.29) is 10.5 Å². The van der Waals surface area contributed by atoms with Crippen LogP contribution < -0.4 is 5.43 Å². The molecular weight excluding hydrogens is 382 g/mol. The third-order valence-electron chi connectivity index (χ3n) is 4.47. The fourth-order valence-electron chi connectivity index (χ4n) is 2.94. The monoisotopic (exact) mass is 405 g/mol. The number of amides is 1. The van der Waals surface area contributed by atoms with Crippen molar-refractivity contribution >= 4 is 33.0 Å². The maximum Gasteiger partial charge on any atom is 0.271 e. The lowest BCUT2D eigenvalue weighted by atomic mass is 10.2. The molecule has 0 saturated carbocycles. The molecule has 1 aliphatic rings. The molecule has 1 aromatic heterocycles. The Morgan fingerprint density at radius 1 is 1.15 bits per heavy atom. The van der Waals surface area contributed by atoms with E-state index >= 15 is 0 Å². The summed E-state index contributed by atoms with van der Waals surface area (Å²) < 4.78 is 27.1. The van der Waals surface area contributed by atoms with Gasteiger partial charge in [-0.15, -0.1) is 11.3 Å². The molecule has 144 valence electrons. The van der Waals surface area contributed by atoms with Crippen molar-refractivity contribution in [2.45, 2.75) is 38.0 Å². The van der Waals surface area contributed by atoms with E-state index in [1.807, 2.05) is 26.0 Å². The SMILES string of the molecule is C/C(=N/NC(=O)c1cccc(S(=O)(=O)N2CCCCC2)c1)c1ccc(C)s1. The van der Waals surface area contributed by atoms with Gasteiger partial charge in [-0.05, 0) is 57.0 Å². The van der Waals surface area contributed by atoms with Crippen molar-refractivity contribution in [2.24, 2.45) is 5.10 Å². The summed E-state index contributed by atoms with van der Waals surface area (Å²) in [6, 6.07) is 10.1. The van der Waals surface area contributed by atoms with Crippen LogP contribution >= 0.6 is 11.3 Å². The summed E-state index contributed by atoms with van der Waals surface area (Å²) in [5.74, 6) is -0.432. The van der Waals surface area contributed by atoms with Gasteiger partial charge in [0, 0.05) is 23.5 Å². The van der Waals surface area contributed by atoms with E-state index in [4.69, 9.17) is 0 Å². The number of piperidine rings is 1. The Kier molecular flexibility index (Phi) is 6.08. The van der Waals surface area contributed by atoms with E-state index in [0.717, 1.165) is 24.1 Å². The number of hydrogen-bond acceptors (Lipinski definition) is 5. The summed E-state index contributed by atoms with van der Waals surface area (Å²) in [5, 5.41) is 4.13. The first-order chi connectivity index (χ1) is 12.9. The third-order valence-corrected chi connectivity index (χ3v) is 7.48. The number of carbonyl (C=O) groups excluding carboxylic acids is 1. The zero-order valence-electron chi connectivity index (χ0n) is 15.4. The number of hydrazone groups is 1. The van der Waals surface area contributed by atoms with Crippen LogP contribution in [0.1, 0.15) is 46.3 Å². The van der Waals surface area contributed by atoms with E-state index in [9.17, 15) is 13.2 Å². The number of carbonyl (C=O) groups is 1. The maximum absolute atomic E-state index is 12.8. The predicted octanol–water partition coefficient (Wildman–Crippen LogP) is 3.39. The van der Waals surface area contributed by atoms with Crippen LogP contribution in [-0.2, 0) is 10.0 Å². The van der Waals surface area contributed by atoms with Crippen molar-refractivity contribution in [3.63, 3.8) is 0 Å². The van der Waals surface area contributed by atoms with E-state index in [2.05, 4.69) is 10.5 Å². The lowest BCUT2D eigenvalue weighted by Gasteiger charge is -2.25. The van der Waals surface area contributed by atoms with Crippen molar-refractivity contribution in [3.8, 4) is 0 Å². The first-order valence-electron chi connectivity index (χ1n) is 8.89. The molecule has 0 radical (unpaired) electrons. The fraction of sp³-hybridized carbons (Fsp3) is 0.368. The minimum Gasteiger partial charge on any atom is -0.267 e. The highest BCUT2D eigenvalue weighted by molar-refractivity contribution is 7.89. The van der Waals surface area contributed by atoms with Gasteiger partial charge in [-0.1, -0.05) is 12.5 Å². The molecule has 8 heteroatoms. The van der Waals surface area contributed by atoms with Gasteiger partial charge in [0.05, 0.1) is 15.5 Å². The minimum atomic E-state index is -3.57. The molecule has 0 unspecified atom stereocenters. The molecule has 1 aliphatic heterocycles. The van der Waals surface area contributed by atoms with Gasteiger partial charge >= 0.3 is 0 Å². The zero-order chi connectivity index (χ0) is 19.4. The molecule has 1 fully saturated rings. The Balaban J connectivity index is 1.75. The summed E-state index contributed by atoms with van der Waals surface area (Å²) in [4.78, 5) is 14.7. The Bertz CT molecular complexity index is 958. The van der Waals surface area contributed by atoms with E-state index in [0.29, 0.717) is 18.8 Å². The molecule has 0 bridgehead atoms. The normalized spacial score (nSPS) is 16.3. The second-order valence-corrected chi connectivity index (χ2v) is 9.77. The van der Waals surface area contributed by atoms with Crippen LogP contribution in [0.2, 0.25) is 0 Å². The summed E-state index contributed by atoms with van der Waals surface area (Å²) in [6.07, 6.45) is 2.79. The second kappa shape index (κ2) is 8.33. The Morgan fingerprint density at radius 2 is 1.89 bits per heavy atom. The summed E-state index contributed by atoms with van der Waals surface area (Å²) >= 11 is 1.60. The maximum atomic E-state index is 12.8. The zero-order valence-corrected chi connectivity index (χ0v) is 17.1. The highest BCUT2D eigenvalue weighted by atomic mass is 32.2. The van der Waals surface area contributed by atoms with Crippen LogP contribution in [0.25, 0.3) is 0 Å². The summed E-state index contributed by atoms with van der Waals surface area (Å²) in [7, 11) is -3.57. The number of benzene rings is 1. The average molecular weight is 406 g/mol. The third kappa shape index (κ3) is 4.63. The Labute approximate surface area is 164 Å². The first-order valence-corrected chi connectivity index (χ1v) is 11.2. The quantitative estimate of drug-likeness (QED) is 0.612. The molecule has 0 spiro atoms. The van der Waals surface area contributed by atoms with Crippen molar-refractivity contribution < 1.29 is 13.2 Å². The van der Waals surface area contributed by atoms with Gasteiger partial charge in [0.2, 0.25) is 10.0 Å². The topological polar surface area (TPSA) is 78.8 Å². The highest BCUT2D eigenvalue weighted by Crippen LogP contribution is 2.21. The van der Waals surface area contributed by atoms with Crippen molar-refractivity contribution in [1.29, 1.82) is 0 Å². The van der Waals surface area contributed by atoms with Gasteiger partial charge in [-0.2, -0.15) is 9.41 Å². The van der Waals surface area contributed by atoms with Crippen LogP contribution in [0, 0.1) is 6.92 Å².